The van der Waals surface area contributed by atoms with Crippen molar-refractivity contribution < 1.29 is 0 Å². The Balaban J connectivity index is 2.45. The molecule has 3 N–H and O–H groups in total. The van der Waals surface area contributed by atoms with Crippen LogP contribution in [0.1, 0.15) is 0 Å². The molecular weight excluding hydrogens is 142 g/mol. The van der Waals surface area contributed by atoms with Crippen LogP contribution in [0.2, 0.25) is 0 Å². The van der Waals surface area contributed by atoms with E-state index in [4.69, 9.17) is 5.73 Å². The number of hydrogen-bond donors (Lipinski definition) is 2. The first-order valence-corrected chi connectivity index (χ1v) is 3.16. The molecule has 0 amide bonds. The van der Waals surface area contributed by atoms with Crippen molar-refractivity contribution in [2.24, 2.45) is 0 Å². The molecule has 56 valence electrons. The highest BCUT2D eigenvalue weighted by Gasteiger charge is 1.97. The second kappa shape index (κ2) is 2.12. The number of aromatic amines is 1. The maximum absolute atomic E-state index is 5.42. The number of H-pyrrole nitrogens is 1. The van der Waals surface area contributed by atoms with E-state index >= 15 is 0 Å². The van der Waals surface area contributed by atoms with Gasteiger partial charge in [0.05, 0.1) is 6.20 Å². The van der Waals surface area contributed by atoms with Crippen molar-refractivity contribution in [1.29, 1.82) is 0 Å². The summed E-state index contributed by atoms with van der Waals surface area (Å²) in [7, 11) is 0. The Morgan fingerprint density at radius 2 is 2.45 bits per heavy atom. The van der Waals surface area contributed by atoms with Gasteiger partial charge in [-0.05, 0) is 0 Å². The van der Waals surface area contributed by atoms with Crippen molar-refractivity contribution in [3.05, 3.63) is 24.7 Å². The lowest BCUT2D eigenvalue weighted by Crippen LogP contribution is -1.93. The molecule has 0 unspecified atom stereocenters. The summed E-state index contributed by atoms with van der Waals surface area (Å²) in [6.07, 6.45) is 5.19. The number of hydrogen-bond acceptors (Lipinski definition) is 3. The minimum absolute atomic E-state index is 0.506. The fraction of sp³-hybridized carbons (Fsp3) is 0. The summed E-state index contributed by atoms with van der Waals surface area (Å²) >= 11 is 0. The third kappa shape index (κ3) is 0.958. The third-order valence-corrected chi connectivity index (χ3v) is 1.36. The second-order valence-electron chi connectivity index (χ2n) is 2.14. The topological polar surface area (TPSA) is 72.5 Å². The van der Waals surface area contributed by atoms with E-state index in [1.807, 2.05) is 0 Å². The molecule has 5 heteroatoms. The van der Waals surface area contributed by atoms with Crippen LogP contribution in [0.4, 0.5) is 5.82 Å². The van der Waals surface area contributed by atoms with Gasteiger partial charge in [0.15, 0.2) is 0 Å². The van der Waals surface area contributed by atoms with Crippen molar-refractivity contribution in [2.45, 2.75) is 0 Å². The Labute approximate surface area is 62.8 Å². The van der Waals surface area contributed by atoms with Gasteiger partial charge in [-0.1, -0.05) is 0 Å². The van der Waals surface area contributed by atoms with E-state index in [1.165, 1.54) is 0 Å². The van der Waals surface area contributed by atoms with Gasteiger partial charge in [0.2, 0.25) is 0 Å². The van der Waals surface area contributed by atoms with Crippen LogP contribution in [0.5, 0.6) is 0 Å². The quantitative estimate of drug-likeness (QED) is 0.607. The van der Waals surface area contributed by atoms with Gasteiger partial charge in [0.25, 0.3) is 0 Å². The molecule has 2 rings (SSSR count). The Bertz CT molecular complexity index is 333. The predicted molar refractivity (Wildman–Crippen MR) is 40.1 cm³/mol. The molecule has 0 saturated heterocycles. The first kappa shape index (κ1) is 5.96. The summed E-state index contributed by atoms with van der Waals surface area (Å²) in [5.41, 5.74) is 6.30. The van der Waals surface area contributed by atoms with Gasteiger partial charge in [-0.25, -0.2) is 4.68 Å². The highest BCUT2D eigenvalue weighted by atomic mass is 15.3. The van der Waals surface area contributed by atoms with Crippen LogP contribution in [0.3, 0.4) is 0 Å². The van der Waals surface area contributed by atoms with Crippen LogP contribution < -0.4 is 5.73 Å². The van der Waals surface area contributed by atoms with Crippen molar-refractivity contribution in [3.63, 3.8) is 0 Å². The Morgan fingerprint density at radius 1 is 1.55 bits per heavy atom. The number of aromatic nitrogens is 4. The molecule has 2 heterocycles. The van der Waals surface area contributed by atoms with E-state index < -0.39 is 0 Å². The van der Waals surface area contributed by atoms with Gasteiger partial charge >= 0.3 is 0 Å². The number of nitrogens with zero attached hydrogens (tertiary/aromatic N) is 3. The van der Waals surface area contributed by atoms with Crippen molar-refractivity contribution >= 4 is 5.82 Å². The van der Waals surface area contributed by atoms with Gasteiger partial charge < -0.3 is 5.73 Å². The number of anilines is 1. The largest absolute Gasteiger partial charge is 0.382 e. The molecule has 0 atom stereocenters. The van der Waals surface area contributed by atoms with Crippen LogP contribution in [-0.2, 0) is 0 Å². The fourth-order valence-corrected chi connectivity index (χ4v) is 0.851. The highest BCUT2D eigenvalue weighted by Crippen LogP contribution is 2.04. The van der Waals surface area contributed by atoms with E-state index in [0.29, 0.717) is 5.82 Å². The monoisotopic (exact) mass is 149 g/mol. The normalized spacial score (nSPS) is 10.2. The molecule has 2 aromatic heterocycles. The highest BCUT2D eigenvalue weighted by molar-refractivity contribution is 5.30. The fourth-order valence-electron chi connectivity index (χ4n) is 0.851. The molecule has 11 heavy (non-hydrogen) atoms. The SMILES string of the molecule is Nc1ccn(-c2cn[nH]c2)n1. The lowest BCUT2D eigenvalue weighted by Gasteiger charge is -1.91. The van der Waals surface area contributed by atoms with E-state index in [0.717, 1.165) is 5.69 Å². The summed E-state index contributed by atoms with van der Waals surface area (Å²) in [5.74, 6) is 0.506. The second-order valence-corrected chi connectivity index (χ2v) is 2.14. The third-order valence-electron chi connectivity index (χ3n) is 1.36. The van der Waals surface area contributed by atoms with Crippen molar-refractivity contribution in [3.8, 4) is 5.69 Å². The minimum atomic E-state index is 0.506. The molecule has 0 fully saturated rings. The maximum atomic E-state index is 5.42. The Hall–Kier alpha value is -1.78. The molecule has 0 saturated carbocycles. The van der Waals surface area contributed by atoms with E-state index in [9.17, 15) is 0 Å². The summed E-state index contributed by atoms with van der Waals surface area (Å²) in [4.78, 5) is 0. The number of rotatable bonds is 1. The first-order valence-electron chi connectivity index (χ1n) is 3.16. The van der Waals surface area contributed by atoms with Crippen molar-refractivity contribution in [2.75, 3.05) is 5.73 Å². The lowest BCUT2D eigenvalue weighted by atomic mass is 10.6. The molecule has 0 bridgehead atoms. The summed E-state index contributed by atoms with van der Waals surface area (Å²) in [6.45, 7) is 0. The molecule has 0 aliphatic rings. The number of nitrogens with two attached hydrogens (primary N) is 1. The molecular formula is C6H7N5. The van der Waals surface area contributed by atoms with E-state index in [1.54, 1.807) is 29.3 Å². The summed E-state index contributed by atoms with van der Waals surface area (Å²) in [5, 5.41) is 10.5. The standard InChI is InChI=1S/C6H7N5/c7-6-1-2-11(10-6)5-3-8-9-4-5/h1-4H,(H2,7,10)(H,8,9). The van der Waals surface area contributed by atoms with Gasteiger partial charge in [-0.15, -0.1) is 0 Å². The molecule has 0 aromatic carbocycles. The zero-order valence-electron chi connectivity index (χ0n) is 5.73. The van der Waals surface area contributed by atoms with E-state index in [2.05, 4.69) is 15.3 Å². The average molecular weight is 149 g/mol. The predicted octanol–water partition coefficient (Wildman–Crippen LogP) is 0.178. The molecule has 5 nitrogen and oxygen atoms in total. The zero-order chi connectivity index (χ0) is 7.68. The molecule has 0 aliphatic heterocycles. The molecule has 2 aromatic rings. The maximum Gasteiger partial charge on any atom is 0.145 e. The van der Waals surface area contributed by atoms with Crippen LogP contribution in [0.15, 0.2) is 24.7 Å². The number of nitrogens with one attached hydrogen (secondary N) is 1. The molecule has 0 aliphatic carbocycles. The molecule has 0 radical (unpaired) electrons. The van der Waals surface area contributed by atoms with Gasteiger partial charge in [-0.2, -0.15) is 10.2 Å². The average Bonchev–Trinajstić information content (AvgIpc) is 2.55. The Morgan fingerprint density at radius 3 is 3.00 bits per heavy atom. The smallest absolute Gasteiger partial charge is 0.145 e. The van der Waals surface area contributed by atoms with Crippen LogP contribution >= 0.6 is 0 Å². The zero-order valence-corrected chi connectivity index (χ0v) is 5.73. The summed E-state index contributed by atoms with van der Waals surface area (Å²) < 4.78 is 1.65. The van der Waals surface area contributed by atoms with Gasteiger partial charge in [0, 0.05) is 18.5 Å². The van der Waals surface area contributed by atoms with E-state index in [-0.39, 0.29) is 0 Å². The lowest BCUT2D eigenvalue weighted by molar-refractivity contribution is 0.887. The van der Waals surface area contributed by atoms with Crippen LogP contribution in [-0.4, -0.2) is 20.0 Å². The van der Waals surface area contributed by atoms with Gasteiger partial charge in [-0.3, -0.25) is 5.10 Å². The van der Waals surface area contributed by atoms with Crippen LogP contribution in [0, 0.1) is 0 Å². The van der Waals surface area contributed by atoms with Crippen molar-refractivity contribution in [1.82, 2.24) is 20.0 Å². The minimum Gasteiger partial charge on any atom is -0.382 e. The molecule has 0 spiro atoms. The number of nitrogen functional groups attached to an aromatic ring is 1. The first-order chi connectivity index (χ1) is 5.36. The van der Waals surface area contributed by atoms with Crippen LogP contribution in [0.25, 0.3) is 5.69 Å². The Kier molecular flexibility index (Phi) is 1.15. The summed E-state index contributed by atoms with van der Waals surface area (Å²) in [6, 6.07) is 1.73. The van der Waals surface area contributed by atoms with Gasteiger partial charge in [0.1, 0.15) is 11.5 Å².